The van der Waals surface area contributed by atoms with Crippen LogP contribution >= 0.6 is 0 Å². The highest BCUT2D eigenvalue weighted by molar-refractivity contribution is 5.89. The van der Waals surface area contributed by atoms with Crippen molar-refractivity contribution >= 4 is 5.97 Å². The van der Waals surface area contributed by atoms with Crippen LogP contribution in [0.1, 0.15) is 22.0 Å². The number of hydrogen-bond acceptors (Lipinski definition) is 4. The lowest BCUT2D eigenvalue weighted by atomic mass is 9.98. The largest absolute Gasteiger partial charge is 0.478 e. The van der Waals surface area contributed by atoms with Gasteiger partial charge in [-0.3, -0.25) is 0 Å². The molecule has 2 atom stereocenters. The maximum absolute atomic E-state index is 12.9. The first-order chi connectivity index (χ1) is 7.88. The molecule has 0 aliphatic heterocycles. The molecule has 94 valence electrons. The molecular weight excluding hydrogens is 238 g/mol. The minimum Gasteiger partial charge on any atom is -0.478 e. The smallest absolute Gasteiger partial charge is 0.336 e. The highest BCUT2D eigenvalue weighted by atomic mass is 19.2. The fraction of sp³-hybridized carbons (Fsp3) is 0.300. The van der Waals surface area contributed by atoms with Crippen LogP contribution in [0.5, 0.6) is 0 Å². The van der Waals surface area contributed by atoms with E-state index in [0.29, 0.717) is 12.1 Å². The van der Waals surface area contributed by atoms with Crippen molar-refractivity contribution < 1.29 is 34.0 Å². The van der Waals surface area contributed by atoms with E-state index in [0.717, 1.165) is 0 Å². The number of aliphatic hydroxyl groups is 3. The quantitative estimate of drug-likeness (QED) is 0.603. The third kappa shape index (κ3) is 2.76. The summed E-state index contributed by atoms with van der Waals surface area (Å²) in [5, 5.41) is 35.9. The molecule has 0 saturated carbocycles. The summed E-state index contributed by atoms with van der Waals surface area (Å²) in [7, 11) is 0. The second-order valence-electron chi connectivity index (χ2n) is 3.35. The van der Waals surface area contributed by atoms with E-state index in [4.69, 9.17) is 15.3 Å². The lowest BCUT2D eigenvalue weighted by Crippen LogP contribution is -2.24. The van der Waals surface area contributed by atoms with Gasteiger partial charge in [0.25, 0.3) is 0 Å². The third-order valence-corrected chi connectivity index (χ3v) is 2.19. The van der Waals surface area contributed by atoms with Crippen molar-refractivity contribution in [1.82, 2.24) is 0 Å². The van der Waals surface area contributed by atoms with Crippen LogP contribution in [-0.4, -0.2) is 39.1 Å². The first-order valence-corrected chi connectivity index (χ1v) is 4.57. The van der Waals surface area contributed by atoms with Gasteiger partial charge in [-0.05, 0) is 12.1 Å². The Hall–Kier alpha value is -1.57. The minimum absolute atomic E-state index is 0.403. The topological polar surface area (TPSA) is 98.0 Å². The zero-order valence-electron chi connectivity index (χ0n) is 8.47. The molecule has 1 rings (SSSR count). The van der Waals surface area contributed by atoms with Crippen molar-refractivity contribution in [2.45, 2.75) is 12.2 Å². The molecule has 1 aromatic rings. The monoisotopic (exact) mass is 248 g/mol. The summed E-state index contributed by atoms with van der Waals surface area (Å²) < 4.78 is 25.8. The number of carboxylic acid groups (broad SMARTS) is 1. The van der Waals surface area contributed by atoms with Crippen LogP contribution < -0.4 is 0 Å². The Morgan fingerprint density at radius 2 is 1.76 bits per heavy atom. The summed E-state index contributed by atoms with van der Waals surface area (Å²) in [5.41, 5.74) is -1.18. The zero-order chi connectivity index (χ0) is 13.2. The average Bonchev–Trinajstić information content (AvgIpc) is 2.29. The fourth-order valence-corrected chi connectivity index (χ4v) is 1.30. The van der Waals surface area contributed by atoms with Crippen molar-refractivity contribution in [3.63, 3.8) is 0 Å². The molecule has 0 aromatic heterocycles. The van der Waals surface area contributed by atoms with Gasteiger partial charge in [-0.15, -0.1) is 0 Å². The van der Waals surface area contributed by atoms with Gasteiger partial charge >= 0.3 is 5.97 Å². The van der Waals surface area contributed by atoms with Crippen molar-refractivity contribution in [3.05, 3.63) is 34.9 Å². The highest BCUT2D eigenvalue weighted by Gasteiger charge is 2.25. The predicted octanol–water partition coefficient (Wildman–Crippen LogP) is 0.0496. The summed E-state index contributed by atoms with van der Waals surface area (Å²) in [4.78, 5) is 10.8. The van der Waals surface area contributed by atoms with Crippen LogP contribution in [0.4, 0.5) is 8.78 Å². The van der Waals surface area contributed by atoms with E-state index < -0.39 is 47.5 Å². The van der Waals surface area contributed by atoms with E-state index in [-0.39, 0.29) is 0 Å². The second kappa shape index (κ2) is 5.17. The van der Waals surface area contributed by atoms with Crippen LogP contribution in [0.3, 0.4) is 0 Å². The van der Waals surface area contributed by atoms with Crippen LogP contribution in [-0.2, 0) is 0 Å². The van der Waals surface area contributed by atoms with Gasteiger partial charge in [0.2, 0.25) is 0 Å². The Morgan fingerprint density at radius 3 is 2.24 bits per heavy atom. The van der Waals surface area contributed by atoms with Crippen molar-refractivity contribution in [3.8, 4) is 0 Å². The van der Waals surface area contributed by atoms with Crippen molar-refractivity contribution in [1.29, 1.82) is 0 Å². The van der Waals surface area contributed by atoms with Crippen LogP contribution in [0.2, 0.25) is 0 Å². The molecule has 0 spiro atoms. The minimum atomic E-state index is -1.82. The molecule has 2 unspecified atom stereocenters. The van der Waals surface area contributed by atoms with E-state index in [2.05, 4.69) is 0 Å². The Balaban J connectivity index is 3.30. The summed E-state index contributed by atoms with van der Waals surface area (Å²) in [6.07, 6.45) is -3.50. The SMILES string of the molecule is O=C(O)c1cc(F)c(F)cc1C(O)C(O)CO. The summed E-state index contributed by atoms with van der Waals surface area (Å²) in [6.45, 7) is -0.848. The fourth-order valence-electron chi connectivity index (χ4n) is 1.30. The van der Waals surface area contributed by atoms with E-state index in [1.165, 1.54) is 0 Å². The average molecular weight is 248 g/mol. The molecular formula is C10H10F2O5. The Labute approximate surface area is 94.6 Å². The van der Waals surface area contributed by atoms with Gasteiger partial charge < -0.3 is 20.4 Å². The summed E-state index contributed by atoms with van der Waals surface area (Å²) >= 11 is 0. The normalized spacial score (nSPS) is 14.4. The summed E-state index contributed by atoms with van der Waals surface area (Å²) in [6, 6.07) is 0.878. The number of carboxylic acids is 1. The Kier molecular flexibility index (Phi) is 4.11. The highest BCUT2D eigenvalue weighted by Crippen LogP contribution is 2.24. The second-order valence-corrected chi connectivity index (χ2v) is 3.35. The number of aromatic carboxylic acids is 1. The van der Waals surface area contributed by atoms with Gasteiger partial charge in [0.1, 0.15) is 12.2 Å². The van der Waals surface area contributed by atoms with E-state index in [1.54, 1.807) is 0 Å². The van der Waals surface area contributed by atoms with Gasteiger partial charge in [0.15, 0.2) is 11.6 Å². The number of rotatable bonds is 4. The maximum Gasteiger partial charge on any atom is 0.336 e. The summed E-state index contributed by atoms with van der Waals surface area (Å²) in [5.74, 6) is -4.31. The molecule has 0 heterocycles. The van der Waals surface area contributed by atoms with Crippen molar-refractivity contribution in [2.75, 3.05) is 6.61 Å². The lowest BCUT2D eigenvalue weighted by molar-refractivity contribution is -0.0159. The molecule has 0 amide bonds. The maximum atomic E-state index is 12.9. The van der Waals surface area contributed by atoms with E-state index in [9.17, 15) is 18.7 Å². The molecule has 4 N–H and O–H groups in total. The first kappa shape index (κ1) is 13.5. The van der Waals surface area contributed by atoms with Crippen molar-refractivity contribution in [2.24, 2.45) is 0 Å². The molecule has 0 aliphatic rings. The van der Waals surface area contributed by atoms with Gasteiger partial charge in [0.05, 0.1) is 12.2 Å². The Bertz CT molecular complexity index is 435. The first-order valence-electron chi connectivity index (χ1n) is 4.57. The molecule has 5 nitrogen and oxygen atoms in total. The molecule has 7 heteroatoms. The number of carbonyl (C=O) groups is 1. The van der Waals surface area contributed by atoms with Gasteiger partial charge in [-0.25, -0.2) is 13.6 Å². The van der Waals surface area contributed by atoms with E-state index in [1.807, 2.05) is 0 Å². The molecule has 0 saturated heterocycles. The third-order valence-electron chi connectivity index (χ3n) is 2.19. The molecule has 0 bridgehead atoms. The van der Waals surface area contributed by atoms with E-state index >= 15 is 0 Å². The predicted molar refractivity (Wildman–Crippen MR) is 51.4 cm³/mol. The van der Waals surface area contributed by atoms with Gasteiger partial charge in [0, 0.05) is 5.56 Å². The van der Waals surface area contributed by atoms with Crippen LogP contribution in [0.15, 0.2) is 12.1 Å². The molecule has 0 aliphatic carbocycles. The van der Waals surface area contributed by atoms with Crippen LogP contribution in [0.25, 0.3) is 0 Å². The van der Waals surface area contributed by atoms with Gasteiger partial charge in [-0.2, -0.15) is 0 Å². The molecule has 1 aromatic carbocycles. The number of aliphatic hydroxyl groups excluding tert-OH is 3. The lowest BCUT2D eigenvalue weighted by Gasteiger charge is -2.18. The zero-order valence-corrected chi connectivity index (χ0v) is 8.47. The van der Waals surface area contributed by atoms with Gasteiger partial charge in [-0.1, -0.05) is 0 Å². The number of halogens is 2. The molecule has 17 heavy (non-hydrogen) atoms. The Morgan fingerprint density at radius 1 is 1.24 bits per heavy atom. The molecule has 0 fully saturated rings. The molecule has 0 radical (unpaired) electrons. The van der Waals surface area contributed by atoms with Crippen LogP contribution in [0, 0.1) is 11.6 Å². The standard InChI is InChI=1S/C10H10F2O5/c11-6-1-4(9(15)8(14)3-13)5(10(16)17)2-7(6)12/h1-2,8-9,13-15H,3H2,(H,16,17). The number of hydrogen-bond donors (Lipinski definition) is 4. The number of benzene rings is 1.